The van der Waals surface area contributed by atoms with Crippen LogP contribution in [0, 0.1) is 0 Å². The van der Waals surface area contributed by atoms with E-state index in [2.05, 4.69) is 5.32 Å². The Morgan fingerprint density at radius 2 is 2.00 bits per heavy atom. The van der Waals surface area contributed by atoms with Crippen molar-refractivity contribution in [2.75, 3.05) is 13.2 Å². The molecule has 0 amide bonds. The molecule has 0 heterocycles. The highest BCUT2D eigenvalue weighted by Gasteiger charge is 2.15. The second-order valence-corrected chi connectivity index (χ2v) is 3.61. The molecule has 0 fully saturated rings. The molecule has 1 atom stereocenters. The third-order valence-corrected chi connectivity index (χ3v) is 1.12. The van der Waals surface area contributed by atoms with Gasteiger partial charge in [-0.05, 0) is 27.2 Å². The Morgan fingerprint density at radius 1 is 1.42 bits per heavy atom. The molecule has 0 aliphatic heterocycles. The SMILES string of the molecule is CC(C)(C)O[C@H](O)NCCCO. The van der Waals surface area contributed by atoms with Crippen molar-refractivity contribution < 1.29 is 14.9 Å². The lowest BCUT2D eigenvalue weighted by Crippen LogP contribution is -2.38. The minimum atomic E-state index is -0.948. The first-order chi connectivity index (χ1) is 5.45. The molecular weight excluding hydrogens is 158 g/mol. The fourth-order valence-corrected chi connectivity index (χ4v) is 0.681. The van der Waals surface area contributed by atoms with E-state index in [1.807, 2.05) is 20.8 Å². The molecule has 0 saturated carbocycles. The van der Waals surface area contributed by atoms with E-state index >= 15 is 0 Å². The van der Waals surface area contributed by atoms with Gasteiger partial charge in [-0.25, -0.2) is 0 Å². The van der Waals surface area contributed by atoms with Crippen LogP contribution in [-0.4, -0.2) is 35.4 Å². The van der Waals surface area contributed by atoms with Gasteiger partial charge in [0.25, 0.3) is 0 Å². The van der Waals surface area contributed by atoms with Crippen LogP contribution in [0.5, 0.6) is 0 Å². The molecular formula is C8H19NO3. The van der Waals surface area contributed by atoms with E-state index in [1.54, 1.807) is 0 Å². The van der Waals surface area contributed by atoms with Gasteiger partial charge in [0.15, 0.2) is 0 Å². The van der Waals surface area contributed by atoms with Gasteiger partial charge >= 0.3 is 0 Å². The lowest BCUT2D eigenvalue weighted by molar-refractivity contribution is -0.181. The molecule has 74 valence electrons. The monoisotopic (exact) mass is 177 g/mol. The van der Waals surface area contributed by atoms with Gasteiger partial charge in [-0.15, -0.1) is 0 Å². The molecule has 0 aromatic heterocycles. The van der Waals surface area contributed by atoms with E-state index in [0.717, 1.165) is 0 Å². The van der Waals surface area contributed by atoms with Crippen LogP contribution in [0.3, 0.4) is 0 Å². The number of hydrogen-bond donors (Lipinski definition) is 3. The topological polar surface area (TPSA) is 61.7 Å². The number of aliphatic hydroxyl groups is 2. The third kappa shape index (κ3) is 7.94. The average molecular weight is 177 g/mol. The van der Waals surface area contributed by atoms with Crippen molar-refractivity contribution in [3.63, 3.8) is 0 Å². The molecule has 0 unspecified atom stereocenters. The fraction of sp³-hybridized carbons (Fsp3) is 1.00. The van der Waals surface area contributed by atoms with Gasteiger partial charge in [-0.2, -0.15) is 0 Å². The molecule has 0 radical (unpaired) electrons. The zero-order valence-electron chi connectivity index (χ0n) is 8.00. The maximum absolute atomic E-state index is 9.20. The Bertz CT molecular complexity index is 111. The van der Waals surface area contributed by atoms with Crippen LogP contribution < -0.4 is 5.32 Å². The normalized spacial score (nSPS) is 14.8. The van der Waals surface area contributed by atoms with Crippen LogP contribution in [0.1, 0.15) is 27.2 Å². The van der Waals surface area contributed by atoms with Crippen LogP contribution in [0.4, 0.5) is 0 Å². The van der Waals surface area contributed by atoms with Crippen molar-refractivity contribution >= 4 is 0 Å². The third-order valence-electron chi connectivity index (χ3n) is 1.12. The lowest BCUT2D eigenvalue weighted by Gasteiger charge is -2.24. The standard InChI is InChI=1S/C8H19NO3/c1-8(2,3)12-7(11)9-5-4-6-10/h7,9-11H,4-6H2,1-3H3/t7-/m0/s1. The summed E-state index contributed by atoms with van der Waals surface area (Å²) >= 11 is 0. The van der Waals surface area contributed by atoms with Gasteiger partial charge < -0.3 is 14.9 Å². The highest BCUT2D eigenvalue weighted by molar-refractivity contribution is 4.59. The van der Waals surface area contributed by atoms with E-state index in [-0.39, 0.29) is 12.2 Å². The van der Waals surface area contributed by atoms with E-state index in [9.17, 15) is 5.11 Å². The molecule has 4 nitrogen and oxygen atoms in total. The molecule has 0 aliphatic rings. The van der Waals surface area contributed by atoms with Crippen LogP contribution in [0.15, 0.2) is 0 Å². The summed E-state index contributed by atoms with van der Waals surface area (Å²) in [5, 5.41) is 20.4. The van der Waals surface area contributed by atoms with Crippen LogP contribution >= 0.6 is 0 Å². The predicted octanol–water partition coefficient (Wildman–Crippen LogP) is 0.0494. The molecule has 0 spiro atoms. The molecule has 0 aliphatic carbocycles. The second-order valence-electron chi connectivity index (χ2n) is 3.61. The van der Waals surface area contributed by atoms with Crippen molar-refractivity contribution in [2.45, 2.75) is 39.2 Å². The molecule has 12 heavy (non-hydrogen) atoms. The summed E-state index contributed by atoms with van der Waals surface area (Å²) in [5.41, 5.74) is -0.356. The van der Waals surface area contributed by atoms with Gasteiger partial charge in [0.2, 0.25) is 6.41 Å². The molecule has 3 N–H and O–H groups in total. The minimum absolute atomic E-state index is 0.120. The highest BCUT2D eigenvalue weighted by atomic mass is 16.6. The predicted molar refractivity (Wildman–Crippen MR) is 46.6 cm³/mol. The summed E-state index contributed by atoms with van der Waals surface area (Å²) in [5.74, 6) is 0. The first-order valence-electron chi connectivity index (χ1n) is 4.16. The van der Waals surface area contributed by atoms with Gasteiger partial charge in [0.05, 0.1) is 5.60 Å². The fourth-order valence-electron chi connectivity index (χ4n) is 0.681. The Labute approximate surface area is 73.5 Å². The van der Waals surface area contributed by atoms with Crippen LogP contribution in [-0.2, 0) is 4.74 Å². The van der Waals surface area contributed by atoms with Crippen LogP contribution in [0.2, 0.25) is 0 Å². The zero-order chi connectivity index (χ0) is 9.61. The Hall–Kier alpha value is -0.160. The summed E-state index contributed by atoms with van der Waals surface area (Å²) in [6, 6.07) is 0. The molecule has 0 bridgehead atoms. The summed E-state index contributed by atoms with van der Waals surface area (Å²) in [6.45, 7) is 6.26. The molecule has 4 heteroatoms. The van der Waals surface area contributed by atoms with Crippen molar-refractivity contribution in [1.82, 2.24) is 5.32 Å². The van der Waals surface area contributed by atoms with Gasteiger partial charge in [0.1, 0.15) is 0 Å². The summed E-state index contributed by atoms with van der Waals surface area (Å²) < 4.78 is 5.15. The molecule has 0 rings (SSSR count). The maximum Gasteiger partial charge on any atom is 0.214 e. The van der Waals surface area contributed by atoms with E-state index < -0.39 is 6.41 Å². The number of ether oxygens (including phenoxy) is 1. The minimum Gasteiger partial charge on any atom is -0.396 e. The van der Waals surface area contributed by atoms with E-state index in [1.165, 1.54) is 0 Å². The van der Waals surface area contributed by atoms with Crippen molar-refractivity contribution in [3.05, 3.63) is 0 Å². The summed E-state index contributed by atoms with van der Waals surface area (Å²) in [6.07, 6.45) is -0.332. The Kier molecular flexibility index (Phi) is 5.41. The first kappa shape index (κ1) is 11.8. The Balaban J connectivity index is 3.40. The largest absolute Gasteiger partial charge is 0.396 e. The van der Waals surface area contributed by atoms with Gasteiger partial charge in [0, 0.05) is 13.2 Å². The number of aliphatic hydroxyl groups excluding tert-OH is 2. The number of nitrogens with one attached hydrogen (secondary N) is 1. The van der Waals surface area contributed by atoms with E-state index in [0.29, 0.717) is 13.0 Å². The smallest absolute Gasteiger partial charge is 0.214 e. The first-order valence-corrected chi connectivity index (χ1v) is 4.16. The van der Waals surface area contributed by atoms with Crippen molar-refractivity contribution in [3.8, 4) is 0 Å². The quantitative estimate of drug-likeness (QED) is 0.410. The molecule has 0 aromatic carbocycles. The van der Waals surface area contributed by atoms with Crippen molar-refractivity contribution in [1.29, 1.82) is 0 Å². The lowest BCUT2D eigenvalue weighted by atomic mass is 10.2. The van der Waals surface area contributed by atoms with E-state index in [4.69, 9.17) is 9.84 Å². The van der Waals surface area contributed by atoms with Crippen molar-refractivity contribution in [2.24, 2.45) is 0 Å². The summed E-state index contributed by atoms with van der Waals surface area (Å²) in [7, 11) is 0. The van der Waals surface area contributed by atoms with Gasteiger partial charge in [-0.3, -0.25) is 5.32 Å². The second kappa shape index (κ2) is 5.48. The molecule has 0 saturated heterocycles. The average Bonchev–Trinajstić information content (AvgIpc) is 1.84. The van der Waals surface area contributed by atoms with Gasteiger partial charge in [-0.1, -0.05) is 0 Å². The number of hydrogen-bond acceptors (Lipinski definition) is 4. The maximum atomic E-state index is 9.20. The van der Waals surface area contributed by atoms with Crippen LogP contribution in [0.25, 0.3) is 0 Å². The summed E-state index contributed by atoms with van der Waals surface area (Å²) in [4.78, 5) is 0. The highest BCUT2D eigenvalue weighted by Crippen LogP contribution is 2.07. The number of rotatable bonds is 5. The Morgan fingerprint density at radius 3 is 2.42 bits per heavy atom. The zero-order valence-corrected chi connectivity index (χ0v) is 8.00. The molecule has 0 aromatic rings.